The van der Waals surface area contributed by atoms with Gasteiger partial charge in [-0.2, -0.15) is 0 Å². The molecule has 4 rings (SSSR count). The zero-order valence-corrected chi connectivity index (χ0v) is 18.1. The quantitative estimate of drug-likeness (QED) is 0.273. The van der Waals surface area contributed by atoms with Gasteiger partial charge in [0.25, 0.3) is 0 Å². The summed E-state index contributed by atoms with van der Waals surface area (Å²) in [7, 11) is 0. The first-order valence-corrected chi connectivity index (χ1v) is 10.7. The van der Waals surface area contributed by atoms with Crippen LogP contribution in [0.15, 0.2) is 66.7 Å². The molecule has 0 amide bonds. The predicted molar refractivity (Wildman–Crippen MR) is 124 cm³/mol. The highest BCUT2D eigenvalue weighted by Crippen LogP contribution is 2.32. The van der Waals surface area contributed by atoms with Crippen molar-refractivity contribution in [3.63, 3.8) is 0 Å². The molecule has 0 radical (unpaired) electrons. The van der Waals surface area contributed by atoms with Gasteiger partial charge in [-0.15, -0.1) is 0 Å². The molecule has 0 aliphatic carbocycles. The Morgan fingerprint density at radius 1 is 0.806 bits per heavy atom. The van der Waals surface area contributed by atoms with Crippen LogP contribution in [0.5, 0.6) is 0 Å². The fourth-order valence-corrected chi connectivity index (χ4v) is 3.84. The van der Waals surface area contributed by atoms with E-state index < -0.39 is 12.1 Å². The molecule has 4 aromatic rings. The van der Waals surface area contributed by atoms with Crippen LogP contribution in [0.2, 0.25) is 0 Å². The van der Waals surface area contributed by atoms with Gasteiger partial charge in [0.15, 0.2) is 6.61 Å². The molecule has 0 aromatic heterocycles. The SMILES string of the molecule is CCC(C)C(=O)OCC(=O)OC(C)c1ccc2c(ccc3c4ccccc4ccc23)c1. The maximum Gasteiger partial charge on any atom is 0.344 e. The zero-order chi connectivity index (χ0) is 22.0. The van der Waals surface area contributed by atoms with Crippen molar-refractivity contribution in [1.29, 1.82) is 0 Å². The van der Waals surface area contributed by atoms with E-state index in [1.807, 2.05) is 26.0 Å². The highest BCUT2D eigenvalue weighted by atomic mass is 16.6. The summed E-state index contributed by atoms with van der Waals surface area (Å²) in [5.74, 6) is -1.15. The number of esters is 2. The third kappa shape index (κ3) is 4.24. The first-order valence-electron chi connectivity index (χ1n) is 10.7. The normalized spacial score (nSPS) is 13.3. The summed E-state index contributed by atoms with van der Waals surface area (Å²) in [6.45, 7) is 5.14. The van der Waals surface area contributed by atoms with Crippen molar-refractivity contribution >= 4 is 44.3 Å². The molecule has 4 aromatic carbocycles. The number of ether oxygens (including phenoxy) is 2. The number of rotatable bonds is 6. The molecule has 31 heavy (non-hydrogen) atoms. The Morgan fingerprint density at radius 3 is 2.19 bits per heavy atom. The number of hydrogen-bond donors (Lipinski definition) is 0. The molecular formula is C27H26O4. The van der Waals surface area contributed by atoms with Crippen LogP contribution >= 0.6 is 0 Å². The maximum atomic E-state index is 12.1. The predicted octanol–water partition coefficient (Wildman–Crippen LogP) is 6.34. The molecule has 0 saturated heterocycles. The van der Waals surface area contributed by atoms with E-state index in [4.69, 9.17) is 9.47 Å². The minimum absolute atomic E-state index is 0.224. The van der Waals surface area contributed by atoms with Gasteiger partial charge in [-0.3, -0.25) is 4.79 Å². The van der Waals surface area contributed by atoms with E-state index in [0.717, 1.165) is 16.3 Å². The van der Waals surface area contributed by atoms with Crippen molar-refractivity contribution in [3.8, 4) is 0 Å². The van der Waals surface area contributed by atoms with Gasteiger partial charge >= 0.3 is 11.9 Å². The van der Waals surface area contributed by atoms with Crippen LogP contribution < -0.4 is 0 Å². The van der Waals surface area contributed by atoms with E-state index in [9.17, 15) is 9.59 Å². The summed E-state index contributed by atoms with van der Waals surface area (Å²) in [6.07, 6.45) is 0.234. The lowest BCUT2D eigenvalue weighted by molar-refractivity contribution is -0.164. The Balaban J connectivity index is 1.55. The van der Waals surface area contributed by atoms with Gasteiger partial charge in [0.2, 0.25) is 0 Å². The highest BCUT2D eigenvalue weighted by molar-refractivity contribution is 6.17. The van der Waals surface area contributed by atoms with Gasteiger partial charge in [-0.05, 0) is 57.3 Å². The summed E-state index contributed by atoms with van der Waals surface area (Å²) in [5.41, 5.74) is 0.897. The topological polar surface area (TPSA) is 52.6 Å². The van der Waals surface area contributed by atoms with Gasteiger partial charge in [-0.1, -0.05) is 74.5 Å². The lowest BCUT2D eigenvalue weighted by Gasteiger charge is -2.16. The molecule has 0 saturated carbocycles. The Labute approximate surface area is 181 Å². The van der Waals surface area contributed by atoms with E-state index in [2.05, 4.69) is 54.6 Å². The first-order chi connectivity index (χ1) is 15.0. The molecule has 2 unspecified atom stereocenters. The van der Waals surface area contributed by atoms with Gasteiger partial charge in [0, 0.05) is 0 Å². The zero-order valence-electron chi connectivity index (χ0n) is 18.1. The molecule has 4 heteroatoms. The third-order valence-corrected chi connectivity index (χ3v) is 5.89. The fraction of sp³-hybridized carbons (Fsp3) is 0.259. The average molecular weight is 415 g/mol. The van der Waals surface area contributed by atoms with Gasteiger partial charge in [0.05, 0.1) is 5.92 Å². The summed E-state index contributed by atoms with van der Waals surface area (Å²) in [5, 5.41) is 7.13. The van der Waals surface area contributed by atoms with E-state index in [1.165, 1.54) is 21.5 Å². The Hall–Kier alpha value is -3.40. The van der Waals surface area contributed by atoms with Gasteiger partial charge in [-0.25, -0.2) is 4.79 Å². The number of carbonyl (C=O) groups excluding carboxylic acids is 2. The summed E-state index contributed by atoms with van der Waals surface area (Å²) in [6, 6.07) is 23.1. The number of fused-ring (bicyclic) bond motifs is 5. The smallest absolute Gasteiger partial charge is 0.344 e. The fourth-order valence-electron chi connectivity index (χ4n) is 3.84. The second kappa shape index (κ2) is 8.76. The van der Waals surface area contributed by atoms with Crippen molar-refractivity contribution in [2.45, 2.75) is 33.3 Å². The summed E-state index contributed by atoms with van der Waals surface area (Å²) >= 11 is 0. The van der Waals surface area contributed by atoms with E-state index in [0.29, 0.717) is 6.42 Å². The van der Waals surface area contributed by atoms with E-state index in [-0.39, 0.29) is 18.5 Å². The summed E-state index contributed by atoms with van der Waals surface area (Å²) < 4.78 is 10.5. The lowest BCUT2D eigenvalue weighted by atomic mass is 9.95. The van der Waals surface area contributed by atoms with E-state index in [1.54, 1.807) is 6.92 Å². The van der Waals surface area contributed by atoms with E-state index >= 15 is 0 Å². The van der Waals surface area contributed by atoms with Crippen molar-refractivity contribution < 1.29 is 19.1 Å². The number of hydrogen-bond acceptors (Lipinski definition) is 4. The van der Waals surface area contributed by atoms with Crippen molar-refractivity contribution in [3.05, 3.63) is 72.3 Å². The molecule has 0 spiro atoms. The minimum atomic E-state index is -0.547. The van der Waals surface area contributed by atoms with Crippen LogP contribution in [0.3, 0.4) is 0 Å². The van der Waals surface area contributed by atoms with Crippen molar-refractivity contribution in [2.75, 3.05) is 6.61 Å². The van der Waals surface area contributed by atoms with Gasteiger partial charge < -0.3 is 9.47 Å². The van der Waals surface area contributed by atoms with Crippen LogP contribution in [0.25, 0.3) is 32.3 Å². The molecular weight excluding hydrogens is 388 g/mol. The van der Waals surface area contributed by atoms with Crippen molar-refractivity contribution in [1.82, 2.24) is 0 Å². The number of carbonyl (C=O) groups is 2. The molecule has 0 N–H and O–H groups in total. The second-order valence-electron chi connectivity index (χ2n) is 7.98. The molecule has 4 nitrogen and oxygen atoms in total. The average Bonchev–Trinajstić information content (AvgIpc) is 2.81. The standard InChI is InChI=1S/C27H26O4/c1-4-17(2)27(29)30-16-26(28)31-18(3)20-10-12-23-21(15-20)11-14-24-22-8-6-5-7-19(22)9-13-25(23)24/h5-15,17-18H,4,16H2,1-3H3. The Kier molecular flexibility index (Phi) is 5.90. The first kappa shape index (κ1) is 20.9. The molecule has 0 aliphatic rings. The monoisotopic (exact) mass is 414 g/mol. The molecule has 2 atom stereocenters. The highest BCUT2D eigenvalue weighted by Gasteiger charge is 2.17. The molecule has 0 aliphatic heterocycles. The van der Waals surface area contributed by atoms with Gasteiger partial charge in [0.1, 0.15) is 6.10 Å². The van der Waals surface area contributed by atoms with Crippen LogP contribution in [0.1, 0.15) is 38.9 Å². The molecule has 0 bridgehead atoms. The molecule has 158 valence electrons. The maximum absolute atomic E-state index is 12.1. The second-order valence-corrected chi connectivity index (χ2v) is 7.98. The van der Waals surface area contributed by atoms with Crippen LogP contribution in [-0.2, 0) is 19.1 Å². The number of benzene rings is 4. The lowest BCUT2D eigenvalue weighted by Crippen LogP contribution is -2.21. The third-order valence-electron chi connectivity index (χ3n) is 5.89. The minimum Gasteiger partial charge on any atom is -0.455 e. The van der Waals surface area contributed by atoms with Crippen LogP contribution in [0, 0.1) is 5.92 Å². The Bertz CT molecular complexity index is 1270. The van der Waals surface area contributed by atoms with Crippen LogP contribution in [0.4, 0.5) is 0 Å². The van der Waals surface area contributed by atoms with Crippen LogP contribution in [-0.4, -0.2) is 18.5 Å². The Morgan fingerprint density at radius 2 is 1.45 bits per heavy atom. The molecule has 0 heterocycles. The summed E-state index contributed by atoms with van der Waals surface area (Å²) in [4.78, 5) is 23.8. The van der Waals surface area contributed by atoms with Crippen molar-refractivity contribution in [2.24, 2.45) is 5.92 Å². The largest absolute Gasteiger partial charge is 0.455 e. The molecule has 0 fully saturated rings.